The third-order valence-corrected chi connectivity index (χ3v) is 2.85. The van der Waals surface area contributed by atoms with Crippen molar-refractivity contribution in [3.8, 4) is 0 Å². The predicted octanol–water partition coefficient (Wildman–Crippen LogP) is 1.70. The van der Waals surface area contributed by atoms with Gasteiger partial charge in [-0.05, 0) is 33.6 Å². The van der Waals surface area contributed by atoms with E-state index in [-0.39, 0.29) is 23.5 Å². The van der Waals surface area contributed by atoms with Gasteiger partial charge in [0, 0.05) is 12.0 Å². The van der Waals surface area contributed by atoms with Crippen LogP contribution in [-0.4, -0.2) is 39.7 Å². The second-order valence-electron chi connectivity index (χ2n) is 5.97. The molecular weight excluding hydrogens is 300 g/mol. The summed E-state index contributed by atoms with van der Waals surface area (Å²) in [7, 11) is 0. The minimum Gasteiger partial charge on any atom is -0.460 e. The summed E-state index contributed by atoms with van der Waals surface area (Å²) < 4.78 is 5.11. The highest BCUT2D eigenvalue weighted by molar-refractivity contribution is 5.96. The van der Waals surface area contributed by atoms with Crippen molar-refractivity contribution in [3.05, 3.63) is 24.3 Å². The first-order chi connectivity index (χ1) is 10.5. The summed E-state index contributed by atoms with van der Waals surface area (Å²) in [6.45, 7) is 10.3. The number of hydroxylamine groups is 2. The lowest BCUT2D eigenvalue weighted by Crippen LogP contribution is -2.47. The van der Waals surface area contributed by atoms with Gasteiger partial charge in [-0.3, -0.25) is 19.6 Å². The fraction of sp³-hybridized carbons (Fsp3) is 0.562. The highest BCUT2D eigenvalue weighted by Crippen LogP contribution is 2.14. The summed E-state index contributed by atoms with van der Waals surface area (Å²) in [6, 6.07) is -1.31. The van der Waals surface area contributed by atoms with Crippen molar-refractivity contribution in [2.75, 3.05) is 0 Å². The van der Waals surface area contributed by atoms with Crippen LogP contribution < -0.4 is 5.73 Å². The van der Waals surface area contributed by atoms with Crippen LogP contribution in [0.1, 0.15) is 47.0 Å². The lowest BCUT2D eigenvalue weighted by molar-refractivity contribution is -0.177. The molecule has 0 heterocycles. The number of carbonyl (C=O) groups excluding carboxylic acids is 3. The zero-order valence-electron chi connectivity index (χ0n) is 14.2. The normalized spacial score (nSPS) is 13.2. The van der Waals surface area contributed by atoms with Gasteiger partial charge in [0.15, 0.2) is 0 Å². The van der Waals surface area contributed by atoms with E-state index in [0.717, 1.165) is 0 Å². The molecule has 0 aliphatic heterocycles. The van der Waals surface area contributed by atoms with E-state index >= 15 is 0 Å². The van der Waals surface area contributed by atoms with E-state index in [0.29, 0.717) is 6.42 Å². The van der Waals surface area contributed by atoms with Crippen molar-refractivity contribution in [1.29, 1.82) is 0 Å². The molecular formula is C16H26N2O5. The lowest BCUT2D eigenvalue weighted by atomic mass is 10.1. The first kappa shape index (κ1) is 20.9. The van der Waals surface area contributed by atoms with Gasteiger partial charge in [0.25, 0.3) is 5.91 Å². The van der Waals surface area contributed by atoms with Gasteiger partial charge in [-0.1, -0.05) is 25.7 Å². The van der Waals surface area contributed by atoms with E-state index in [1.54, 1.807) is 27.7 Å². The molecule has 7 nitrogen and oxygen atoms in total. The Labute approximate surface area is 136 Å². The molecule has 0 aromatic carbocycles. The van der Waals surface area contributed by atoms with E-state index < -0.39 is 29.4 Å². The van der Waals surface area contributed by atoms with Crippen LogP contribution in [0.25, 0.3) is 0 Å². The molecule has 0 saturated carbocycles. The number of hydrogen-bond acceptors (Lipinski definition) is 5. The SMILES string of the molecule is C=C/C=C(\CC)C(=O)N(O)[C@@H](CCC(=O)OC(C)(C)C)C(N)=O. The maximum atomic E-state index is 12.1. The number of allylic oxidation sites excluding steroid dienone is 2. The third-order valence-electron chi connectivity index (χ3n) is 2.85. The molecule has 0 aliphatic rings. The van der Waals surface area contributed by atoms with Crippen LogP contribution in [0.2, 0.25) is 0 Å². The van der Waals surface area contributed by atoms with Crippen LogP contribution in [-0.2, 0) is 19.1 Å². The molecule has 130 valence electrons. The smallest absolute Gasteiger partial charge is 0.306 e. The van der Waals surface area contributed by atoms with Crippen molar-refractivity contribution >= 4 is 17.8 Å². The molecule has 2 amide bonds. The topological polar surface area (TPSA) is 110 Å². The van der Waals surface area contributed by atoms with Gasteiger partial charge in [0.2, 0.25) is 5.91 Å². The summed E-state index contributed by atoms with van der Waals surface area (Å²) >= 11 is 0. The fourth-order valence-electron chi connectivity index (χ4n) is 1.80. The average molecular weight is 326 g/mol. The van der Waals surface area contributed by atoms with Crippen LogP contribution in [0.15, 0.2) is 24.3 Å². The van der Waals surface area contributed by atoms with Gasteiger partial charge in [0.1, 0.15) is 11.6 Å². The molecule has 0 aromatic heterocycles. The molecule has 7 heteroatoms. The van der Waals surface area contributed by atoms with Gasteiger partial charge in [-0.25, -0.2) is 5.06 Å². The molecule has 0 unspecified atom stereocenters. The minimum absolute atomic E-state index is 0.127. The van der Waals surface area contributed by atoms with Crippen LogP contribution in [0, 0.1) is 0 Å². The molecule has 0 fully saturated rings. The van der Waals surface area contributed by atoms with Crippen molar-refractivity contribution in [2.45, 2.75) is 58.6 Å². The number of hydrogen-bond donors (Lipinski definition) is 2. The Hall–Kier alpha value is -2.15. The second-order valence-corrected chi connectivity index (χ2v) is 5.97. The maximum Gasteiger partial charge on any atom is 0.306 e. The zero-order valence-corrected chi connectivity index (χ0v) is 14.2. The van der Waals surface area contributed by atoms with Crippen molar-refractivity contribution in [2.24, 2.45) is 5.73 Å². The van der Waals surface area contributed by atoms with Gasteiger partial charge in [-0.2, -0.15) is 0 Å². The van der Waals surface area contributed by atoms with Crippen molar-refractivity contribution < 1.29 is 24.3 Å². The predicted molar refractivity (Wildman–Crippen MR) is 85.3 cm³/mol. The Bertz CT molecular complexity index is 491. The Morgan fingerprint density at radius 2 is 1.91 bits per heavy atom. The molecule has 0 rings (SSSR count). The standard InChI is InChI=1S/C16H26N2O5/c1-6-8-11(7-2)15(21)18(22)12(14(17)20)9-10-13(19)23-16(3,4)5/h6,8,12,22H,1,7,9-10H2,2-5H3,(H2,17,20)/b11-8+/t12-/m0/s1. The Balaban J connectivity index is 4.95. The largest absolute Gasteiger partial charge is 0.460 e. The molecule has 23 heavy (non-hydrogen) atoms. The molecule has 3 N–H and O–H groups in total. The van der Waals surface area contributed by atoms with E-state index in [9.17, 15) is 19.6 Å². The highest BCUT2D eigenvalue weighted by Gasteiger charge is 2.29. The van der Waals surface area contributed by atoms with Crippen LogP contribution in [0.3, 0.4) is 0 Å². The average Bonchev–Trinajstić information content (AvgIpc) is 2.41. The lowest BCUT2D eigenvalue weighted by Gasteiger charge is -2.25. The number of amides is 2. The fourth-order valence-corrected chi connectivity index (χ4v) is 1.80. The van der Waals surface area contributed by atoms with Gasteiger partial charge in [0.05, 0.1) is 0 Å². The van der Waals surface area contributed by atoms with Gasteiger partial charge >= 0.3 is 5.97 Å². The molecule has 0 radical (unpaired) electrons. The first-order valence-corrected chi connectivity index (χ1v) is 7.38. The highest BCUT2D eigenvalue weighted by atomic mass is 16.6. The number of nitrogens with two attached hydrogens (primary N) is 1. The monoisotopic (exact) mass is 326 g/mol. The third kappa shape index (κ3) is 7.60. The van der Waals surface area contributed by atoms with E-state index in [1.807, 2.05) is 0 Å². The molecule has 0 saturated heterocycles. The first-order valence-electron chi connectivity index (χ1n) is 7.38. The Morgan fingerprint density at radius 3 is 2.30 bits per heavy atom. The summed E-state index contributed by atoms with van der Waals surface area (Å²) in [6.07, 6.45) is 2.92. The number of esters is 1. The number of primary amides is 1. The number of carbonyl (C=O) groups is 3. The quantitative estimate of drug-likeness (QED) is 0.232. The van der Waals surface area contributed by atoms with Crippen molar-refractivity contribution in [3.63, 3.8) is 0 Å². The Kier molecular flexibility index (Phi) is 8.24. The number of nitrogens with zero attached hydrogens (tertiary/aromatic N) is 1. The van der Waals surface area contributed by atoms with E-state index in [2.05, 4.69) is 6.58 Å². The van der Waals surface area contributed by atoms with Crippen LogP contribution >= 0.6 is 0 Å². The number of rotatable bonds is 8. The molecule has 0 aromatic rings. The van der Waals surface area contributed by atoms with E-state index in [4.69, 9.17) is 10.5 Å². The van der Waals surface area contributed by atoms with Gasteiger partial charge in [-0.15, -0.1) is 0 Å². The maximum absolute atomic E-state index is 12.1. The zero-order chi connectivity index (χ0) is 18.2. The van der Waals surface area contributed by atoms with Crippen LogP contribution in [0.4, 0.5) is 0 Å². The van der Waals surface area contributed by atoms with Gasteiger partial charge < -0.3 is 10.5 Å². The van der Waals surface area contributed by atoms with Crippen molar-refractivity contribution in [1.82, 2.24) is 5.06 Å². The second kappa shape index (κ2) is 9.09. The Morgan fingerprint density at radius 1 is 1.35 bits per heavy atom. The number of ether oxygens (including phenoxy) is 1. The minimum atomic E-state index is -1.31. The summed E-state index contributed by atoms with van der Waals surface area (Å²) in [4.78, 5) is 35.3. The van der Waals surface area contributed by atoms with Crippen LogP contribution in [0.5, 0.6) is 0 Å². The summed E-state index contributed by atoms with van der Waals surface area (Å²) in [5.74, 6) is -2.19. The summed E-state index contributed by atoms with van der Waals surface area (Å²) in [5.41, 5.74) is 4.83. The molecule has 0 bridgehead atoms. The molecule has 0 spiro atoms. The molecule has 0 aliphatic carbocycles. The molecule has 1 atom stereocenters. The van der Waals surface area contributed by atoms with E-state index in [1.165, 1.54) is 12.2 Å². The summed E-state index contributed by atoms with van der Waals surface area (Å²) in [5, 5.41) is 10.2.